The van der Waals surface area contributed by atoms with E-state index in [-0.39, 0.29) is 6.54 Å². The van der Waals surface area contributed by atoms with Crippen molar-refractivity contribution < 1.29 is 9.53 Å². The molecule has 0 aromatic rings. The zero-order valence-electron chi connectivity index (χ0n) is 9.05. The number of esters is 1. The Labute approximate surface area is 84.6 Å². The number of nitriles is 1. The van der Waals surface area contributed by atoms with Gasteiger partial charge in [-0.2, -0.15) is 5.26 Å². The summed E-state index contributed by atoms with van der Waals surface area (Å²) in [6.07, 6.45) is 1.34. The van der Waals surface area contributed by atoms with Crippen molar-refractivity contribution in [2.45, 2.75) is 33.3 Å². The van der Waals surface area contributed by atoms with Crippen LogP contribution >= 0.6 is 0 Å². The summed E-state index contributed by atoms with van der Waals surface area (Å²) in [5, 5.41) is 11.0. The molecule has 0 aliphatic rings. The number of carbonyl (C=O) groups excluding carboxylic acids is 1. The summed E-state index contributed by atoms with van der Waals surface area (Å²) in [6, 6.07) is 1.92. The zero-order chi connectivity index (χ0) is 11.2. The van der Waals surface area contributed by atoms with Crippen molar-refractivity contribution >= 4 is 5.97 Å². The fraction of sp³-hybridized carbons (Fsp3) is 0.600. The summed E-state index contributed by atoms with van der Waals surface area (Å²) in [6.45, 7) is 7.30. The van der Waals surface area contributed by atoms with E-state index in [0.717, 1.165) is 0 Å². The van der Waals surface area contributed by atoms with Crippen LogP contribution in [0, 0.1) is 11.3 Å². The molecule has 0 radical (unpaired) electrons. The topological polar surface area (TPSA) is 62.1 Å². The van der Waals surface area contributed by atoms with E-state index in [1.165, 1.54) is 6.08 Å². The second kappa shape index (κ2) is 5.28. The van der Waals surface area contributed by atoms with Gasteiger partial charge in [0, 0.05) is 11.8 Å². The number of rotatable bonds is 3. The molecule has 0 fully saturated rings. The number of hydrogen-bond donors (Lipinski definition) is 1. The van der Waals surface area contributed by atoms with Crippen LogP contribution < -0.4 is 5.32 Å². The van der Waals surface area contributed by atoms with Gasteiger partial charge >= 0.3 is 5.97 Å². The maximum Gasteiger partial charge on any atom is 0.333 e. The average molecular weight is 196 g/mol. The van der Waals surface area contributed by atoms with Crippen LogP contribution in [0.2, 0.25) is 0 Å². The van der Waals surface area contributed by atoms with Crippen molar-refractivity contribution in [2.24, 2.45) is 0 Å². The van der Waals surface area contributed by atoms with Crippen molar-refractivity contribution in [2.75, 3.05) is 6.54 Å². The van der Waals surface area contributed by atoms with Crippen LogP contribution in [0.3, 0.4) is 0 Å². The number of allylic oxidation sites excluding steroid dienone is 1. The number of nitrogens with one attached hydrogen (secondary N) is 1. The van der Waals surface area contributed by atoms with Crippen molar-refractivity contribution in [1.82, 2.24) is 5.32 Å². The van der Waals surface area contributed by atoms with Crippen LogP contribution in [-0.2, 0) is 9.53 Å². The highest BCUT2D eigenvalue weighted by Crippen LogP contribution is 2.07. The van der Waals surface area contributed by atoms with Gasteiger partial charge in [0.1, 0.15) is 12.1 Å². The lowest BCUT2D eigenvalue weighted by atomic mass is 10.2. The zero-order valence-corrected chi connectivity index (χ0v) is 9.05. The van der Waals surface area contributed by atoms with Crippen LogP contribution in [0.4, 0.5) is 0 Å². The molecule has 0 atom stereocenters. The average Bonchev–Trinajstić information content (AvgIpc) is 1.96. The monoisotopic (exact) mass is 196 g/mol. The molecule has 1 N–H and O–H groups in total. The third-order valence-corrected chi connectivity index (χ3v) is 1.19. The van der Waals surface area contributed by atoms with Crippen molar-refractivity contribution in [1.29, 1.82) is 5.26 Å². The van der Waals surface area contributed by atoms with E-state index >= 15 is 0 Å². The summed E-state index contributed by atoms with van der Waals surface area (Å²) in [7, 11) is 0. The maximum atomic E-state index is 11.2. The van der Waals surface area contributed by atoms with Gasteiger partial charge in [-0.1, -0.05) is 0 Å². The van der Waals surface area contributed by atoms with Gasteiger partial charge in [-0.15, -0.1) is 0 Å². The molecule has 0 aliphatic heterocycles. The molecule has 0 heterocycles. The first-order valence-electron chi connectivity index (χ1n) is 4.37. The maximum absolute atomic E-state index is 11.2. The molecule has 0 saturated heterocycles. The molecule has 0 amide bonds. The van der Waals surface area contributed by atoms with Crippen LogP contribution in [0.25, 0.3) is 0 Å². The van der Waals surface area contributed by atoms with Crippen LogP contribution in [0.5, 0.6) is 0 Å². The summed E-state index contributed by atoms with van der Waals surface area (Å²) < 4.78 is 5.05. The van der Waals surface area contributed by atoms with E-state index in [1.54, 1.807) is 27.7 Å². The lowest BCUT2D eigenvalue weighted by Gasteiger charge is -2.18. The minimum Gasteiger partial charge on any atom is -0.457 e. The Balaban J connectivity index is 4.10. The smallest absolute Gasteiger partial charge is 0.333 e. The summed E-state index contributed by atoms with van der Waals surface area (Å²) in [5.74, 6) is -0.402. The fourth-order valence-electron chi connectivity index (χ4n) is 0.738. The Hall–Kier alpha value is -1.50. The van der Waals surface area contributed by atoms with Crippen LogP contribution in [0.1, 0.15) is 27.7 Å². The van der Waals surface area contributed by atoms with Crippen LogP contribution in [-0.4, -0.2) is 18.1 Å². The quantitative estimate of drug-likeness (QED) is 0.420. The number of ether oxygens (including phenoxy) is 1. The van der Waals surface area contributed by atoms with E-state index in [9.17, 15) is 4.79 Å². The van der Waals surface area contributed by atoms with Gasteiger partial charge < -0.3 is 10.1 Å². The lowest BCUT2D eigenvalue weighted by molar-refractivity contribution is -0.148. The van der Waals surface area contributed by atoms with Gasteiger partial charge in [0.2, 0.25) is 0 Å². The first-order valence-corrected chi connectivity index (χ1v) is 4.37. The van der Waals surface area contributed by atoms with E-state index in [1.807, 2.05) is 6.07 Å². The highest BCUT2D eigenvalue weighted by atomic mass is 16.6. The molecular formula is C10H16N2O2. The largest absolute Gasteiger partial charge is 0.457 e. The van der Waals surface area contributed by atoms with Gasteiger partial charge in [0.25, 0.3) is 0 Å². The molecule has 0 spiro atoms. The Morgan fingerprint density at radius 1 is 1.57 bits per heavy atom. The molecule has 0 aromatic carbocycles. The van der Waals surface area contributed by atoms with Crippen molar-refractivity contribution in [3.63, 3.8) is 0 Å². The van der Waals surface area contributed by atoms with E-state index in [4.69, 9.17) is 10.00 Å². The number of hydrogen-bond acceptors (Lipinski definition) is 4. The van der Waals surface area contributed by atoms with Gasteiger partial charge in [-0.05, 0) is 27.7 Å². The number of nitrogens with zero attached hydrogens (tertiary/aromatic N) is 1. The van der Waals surface area contributed by atoms with E-state index in [0.29, 0.717) is 5.70 Å². The molecule has 4 heteroatoms. The summed E-state index contributed by atoms with van der Waals surface area (Å²) in [5.41, 5.74) is 0.143. The molecule has 14 heavy (non-hydrogen) atoms. The molecule has 0 bridgehead atoms. The Bertz CT molecular complexity index is 269. The molecule has 78 valence electrons. The van der Waals surface area contributed by atoms with Crippen LogP contribution in [0.15, 0.2) is 11.8 Å². The third-order valence-electron chi connectivity index (χ3n) is 1.19. The van der Waals surface area contributed by atoms with Gasteiger partial charge in [-0.25, -0.2) is 4.79 Å². The highest BCUT2D eigenvalue weighted by Gasteiger charge is 2.14. The molecule has 0 unspecified atom stereocenters. The molecule has 0 aromatic heterocycles. The first-order chi connectivity index (χ1) is 6.35. The van der Waals surface area contributed by atoms with Gasteiger partial charge in [0.05, 0.1) is 6.07 Å². The minimum absolute atomic E-state index is 0.186. The predicted molar refractivity (Wildman–Crippen MR) is 53.2 cm³/mol. The predicted octanol–water partition coefficient (Wildman–Crippen LogP) is 1.35. The summed E-state index contributed by atoms with van der Waals surface area (Å²) >= 11 is 0. The molecule has 4 nitrogen and oxygen atoms in total. The van der Waals surface area contributed by atoms with Crippen molar-refractivity contribution in [3.05, 3.63) is 11.8 Å². The fourth-order valence-corrected chi connectivity index (χ4v) is 0.738. The van der Waals surface area contributed by atoms with E-state index in [2.05, 4.69) is 5.32 Å². The third kappa shape index (κ3) is 7.17. The first kappa shape index (κ1) is 12.5. The van der Waals surface area contributed by atoms with Gasteiger partial charge in [0.15, 0.2) is 0 Å². The second-order valence-corrected chi connectivity index (χ2v) is 3.87. The Kier molecular flexibility index (Phi) is 4.71. The molecular weight excluding hydrogens is 180 g/mol. The molecule has 0 aliphatic carbocycles. The molecule has 0 rings (SSSR count). The standard InChI is InChI=1S/C10H16N2O2/c1-8(12-6-5-11)7-9(13)14-10(2,3)4/h7,12H,6H2,1-4H3. The Morgan fingerprint density at radius 3 is 2.57 bits per heavy atom. The normalized spacial score (nSPS) is 11.8. The highest BCUT2D eigenvalue weighted by molar-refractivity contribution is 5.82. The number of carbonyl (C=O) groups is 1. The van der Waals surface area contributed by atoms with E-state index < -0.39 is 11.6 Å². The summed E-state index contributed by atoms with van der Waals surface area (Å²) in [4.78, 5) is 11.2. The SMILES string of the molecule is CC(=CC(=O)OC(C)(C)C)NCC#N. The minimum atomic E-state index is -0.483. The molecule has 0 saturated carbocycles. The van der Waals surface area contributed by atoms with Gasteiger partial charge in [-0.3, -0.25) is 0 Å². The lowest BCUT2D eigenvalue weighted by Crippen LogP contribution is -2.23. The Morgan fingerprint density at radius 2 is 2.14 bits per heavy atom. The second-order valence-electron chi connectivity index (χ2n) is 3.87. The van der Waals surface area contributed by atoms with Crippen molar-refractivity contribution in [3.8, 4) is 6.07 Å².